The van der Waals surface area contributed by atoms with Gasteiger partial charge >= 0.3 is 0 Å². The number of rotatable bonds is 2. The van der Waals surface area contributed by atoms with E-state index in [1.807, 2.05) is 13.8 Å². The highest BCUT2D eigenvalue weighted by Crippen LogP contribution is 2.19. The van der Waals surface area contributed by atoms with Crippen LogP contribution in [0.5, 0.6) is 0 Å². The molecule has 4 heteroatoms. The third-order valence-electron chi connectivity index (χ3n) is 2.35. The van der Waals surface area contributed by atoms with Crippen molar-refractivity contribution in [1.29, 1.82) is 0 Å². The number of hydrogen-bond acceptors (Lipinski definition) is 3. The van der Waals surface area contributed by atoms with Gasteiger partial charge in [-0.25, -0.2) is 8.42 Å². The SMILES string of the molecule is Cc1cc(S(C)(=O)=O)cc(CO)c1C. The van der Waals surface area contributed by atoms with Crippen LogP contribution in [0.1, 0.15) is 16.7 Å². The molecule has 1 N–H and O–H groups in total. The molecule has 14 heavy (non-hydrogen) atoms. The van der Waals surface area contributed by atoms with Crippen LogP contribution in [0.15, 0.2) is 17.0 Å². The molecule has 1 rings (SSSR count). The van der Waals surface area contributed by atoms with Crippen LogP contribution < -0.4 is 0 Å². The van der Waals surface area contributed by atoms with Crippen molar-refractivity contribution >= 4 is 9.84 Å². The third kappa shape index (κ3) is 2.13. The smallest absolute Gasteiger partial charge is 0.175 e. The van der Waals surface area contributed by atoms with E-state index in [2.05, 4.69) is 0 Å². The summed E-state index contributed by atoms with van der Waals surface area (Å²) in [5, 5.41) is 9.04. The molecule has 3 nitrogen and oxygen atoms in total. The third-order valence-corrected chi connectivity index (χ3v) is 3.44. The van der Waals surface area contributed by atoms with E-state index in [0.717, 1.165) is 17.4 Å². The first-order chi connectivity index (χ1) is 6.36. The predicted octanol–water partition coefficient (Wildman–Crippen LogP) is 1.20. The van der Waals surface area contributed by atoms with Gasteiger partial charge in [-0.1, -0.05) is 0 Å². The molecule has 0 saturated carbocycles. The van der Waals surface area contributed by atoms with E-state index in [1.54, 1.807) is 6.07 Å². The molecule has 0 atom stereocenters. The van der Waals surface area contributed by atoms with Crippen LogP contribution in [0.4, 0.5) is 0 Å². The van der Waals surface area contributed by atoms with Crippen molar-refractivity contribution in [2.24, 2.45) is 0 Å². The molecule has 0 aromatic heterocycles. The van der Waals surface area contributed by atoms with Crippen molar-refractivity contribution < 1.29 is 13.5 Å². The second-order valence-corrected chi connectivity index (χ2v) is 5.47. The monoisotopic (exact) mass is 214 g/mol. The fourth-order valence-corrected chi connectivity index (χ4v) is 2.02. The standard InChI is InChI=1S/C10H14O3S/c1-7-4-10(14(3,12)13)5-9(6-11)8(7)2/h4-5,11H,6H2,1-3H3. The Balaban J connectivity index is 3.46. The Hall–Kier alpha value is -0.870. The fourth-order valence-electron chi connectivity index (χ4n) is 1.27. The zero-order valence-electron chi connectivity index (χ0n) is 8.53. The molecule has 0 saturated heterocycles. The molecule has 0 aliphatic carbocycles. The van der Waals surface area contributed by atoms with Gasteiger partial charge in [0.1, 0.15) is 0 Å². The van der Waals surface area contributed by atoms with Crippen LogP contribution in [-0.4, -0.2) is 19.8 Å². The summed E-state index contributed by atoms with van der Waals surface area (Å²) < 4.78 is 22.6. The van der Waals surface area contributed by atoms with E-state index >= 15 is 0 Å². The zero-order valence-corrected chi connectivity index (χ0v) is 9.35. The van der Waals surface area contributed by atoms with E-state index in [4.69, 9.17) is 5.11 Å². The lowest BCUT2D eigenvalue weighted by molar-refractivity contribution is 0.280. The van der Waals surface area contributed by atoms with Crippen molar-refractivity contribution in [3.63, 3.8) is 0 Å². The Labute approximate surface area is 84.3 Å². The van der Waals surface area contributed by atoms with Crippen molar-refractivity contribution in [1.82, 2.24) is 0 Å². The van der Waals surface area contributed by atoms with Gasteiger partial charge in [0.25, 0.3) is 0 Å². The fraction of sp³-hybridized carbons (Fsp3) is 0.400. The first-order valence-corrected chi connectivity index (χ1v) is 6.16. The van der Waals surface area contributed by atoms with Crippen LogP contribution >= 0.6 is 0 Å². The Morgan fingerprint density at radius 2 is 1.86 bits per heavy atom. The van der Waals surface area contributed by atoms with Crippen LogP contribution in [0.25, 0.3) is 0 Å². The first kappa shape index (κ1) is 11.2. The van der Waals surface area contributed by atoms with Crippen LogP contribution in [0, 0.1) is 13.8 Å². The summed E-state index contributed by atoms with van der Waals surface area (Å²) in [7, 11) is -3.19. The van der Waals surface area contributed by atoms with Crippen LogP contribution in [-0.2, 0) is 16.4 Å². The van der Waals surface area contributed by atoms with E-state index in [-0.39, 0.29) is 11.5 Å². The summed E-state index contributed by atoms with van der Waals surface area (Å²) in [6.45, 7) is 3.58. The molecule has 0 heterocycles. The minimum Gasteiger partial charge on any atom is -0.392 e. The van der Waals surface area contributed by atoms with Gasteiger partial charge in [0.05, 0.1) is 11.5 Å². The minimum atomic E-state index is -3.19. The van der Waals surface area contributed by atoms with Gasteiger partial charge in [0.2, 0.25) is 0 Å². The summed E-state index contributed by atoms with van der Waals surface area (Å²) in [4.78, 5) is 0.268. The second kappa shape index (κ2) is 3.71. The molecule has 0 spiro atoms. The second-order valence-electron chi connectivity index (χ2n) is 3.45. The lowest BCUT2D eigenvalue weighted by Crippen LogP contribution is -2.01. The normalized spacial score (nSPS) is 11.7. The van der Waals surface area contributed by atoms with Crippen LogP contribution in [0.2, 0.25) is 0 Å². The molecular formula is C10H14O3S. The van der Waals surface area contributed by atoms with Crippen molar-refractivity contribution in [3.05, 3.63) is 28.8 Å². The minimum absolute atomic E-state index is 0.129. The van der Waals surface area contributed by atoms with Crippen molar-refractivity contribution in [2.75, 3.05) is 6.26 Å². The molecule has 0 aliphatic heterocycles. The molecule has 0 radical (unpaired) electrons. The molecule has 78 valence electrons. The topological polar surface area (TPSA) is 54.4 Å². The first-order valence-electron chi connectivity index (χ1n) is 4.27. The molecule has 0 bridgehead atoms. The van der Waals surface area contributed by atoms with Crippen LogP contribution in [0.3, 0.4) is 0 Å². The maximum absolute atomic E-state index is 11.3. The van der Waals surface area contributed by atoms with E-state index in [1.165, 1.54) is 6.07 Å². The highest BCUT2D eigenvalue weighted by molar-refractivity contribution is 7.90. The molecule has 0 amide bonds. The Morgan fingerprint density at radius 3 is 2.29 bits per heavy atom. The van der Waals surface area contributed by atoms with Gasteiger partial charge in [0, 0.05) is 6.26 Å². The summed E-state index contributed by atoms with van der Waals surface area (Å²) in [6.07, 6.45) is 1.16. The zero-order chi connectivity index (χ0) is 10.9. The summed E-state index contributed by atoms with van der Waals surface area (Å²) in [5.74, 6) is 0. The molecule has 1 aromatic rings. The highest BCUT2D eigenvalue weighted by Gasteiger charge is 2.11. The number of hydrogen-bond donors (Lipinski definition) is 1. The number of aliphatic hydroxyl groups is 1. The van der Waals surface area contributed by atoms with Crippen molar-refractivity contribution in [3.8, 4) is 0 Å². The quantitative estimate of drug-likeness (QED) is 0.804. The van der Waals surface area contributed by atoms with Gasteiger partial charge in [-0.15, -0.1) is 0 Å². The lowest BCUT2D eigenvalue weighted by Gasteiger charge is -2.08. The molecule has 1 aromatic carbocycles. The largest absolute Gasteiger partial charge is 0.392 e. The van der Waals surface area contributed by atoms with Gasteiger partial charge < -0.3 is 5.11 Å². The molecule has 0 fully saturated rings. The van der Waals surface area contributed by atoms with E-state index in [0.29, 0.717) is 5.56 Å². The lowest BCUT2D eigenvalue weighted by atomic mass is 10.0. The Morgan fingerprint density at radius 1 is 1.29 bits per heavy atom. The van der Waals surface area contributed by atoms with E-state index in [9.17, 15) is 8.42 Å². The maximum atomic E-state index is 11.3. The predicted molar refractivity (Wildman–Crippen MR) is 54.9 cm³/mol. The molecule has 0 aliphatic rings. The number of aliphatic hydroxyl groups excluding tert-OH is 1. The Bertz CT molecular complexity index is 447. The van der Waals surface area contributed by atoms with Crippen molar-refractivity contribution in [2.45, 2.75) is 25.3 Å². The van der Waals surface area contributed by atoms with Gasteiger partial charge in [0.15, 0.2) is 9.84 Å². The van der Waals surface area contributed by atoms with Gasteiger partial charge in [-0.3, -0.25) is 0 Å². The number of aryl methyl sites for hydroxylation is 1. The molecule has 0 unspecified atom stereocenters. The summed E-state index contributed by atoms with van der Waals surface area (Å²) >= 11 is 0. The summed E-state index contributed by atoms with van der Waals surface area (Å²) in [5.41, 5.74) is 2.50. The average molecular weight is 214 g/mol. The number of benzene rings is 1. The molecular weight excluding hydrogens is 200 g/mol. The van der Waals surface area contributed by atoms with Gasteiger partial charge in [-0.05, 0) is 42.7 Å². The summed E-state index contributed by atoms with van der Waals surface area (Å²) in [6, 6.07) is 3.15. The van der Waals surface area contributed by atoms with Gasteiger partial charge in [-0.2, -0.15) is 0 Å². The van der Waals surface area contributed by atoms with E-state index < -0.39 is 9.84 Å². The Kier molecular flexibility index (Phi) is 2.97. The number of sulfone groups is 1. The highest BCUT2D eigenvalue weighted by atomic mass is 32.2. The maximum Gasteiger partial charge on any atom is 0.175 e. The average Bonchev–Trinajstić information content (AvgIpc) is 2.07.